The van der Waals surface area contributed by atoms with E-state index in [1.807, 2.05) is 18.2 Å². The molecule has 2 amide bonds. The first kappa shape index (κ1) is 24.2. The van der Waals surface area contributed by atoms with E-state index in [1.165, 1.54) is 12.4 Å². The molecule has 1 saturated heterocycles. The molecule has 1 fully saturated rings. The van der Waals surface area contributed by atoms with Crippen LogP contribution in [0, 0.1) is 0 Å². The topological polar surface area (TPSA) is 102 Å². The molecule has 36 heavy (non-hydrogen) atoms. The fourth-order valence-corrected chi connectivity index (χ4v) is 5.19. The van der Waals surface area contributed by atoms with Crippen molar-refractivity contribution in [2.45, 2.75) is 13.0 Å². The summed E-state index contributed by atoms with van der Waals surface area (Å²) in [4.78, 5) is 37.2. The Morgan fingerprint density at radius 3 is 2.44 bits per heavy atom. The third-order valence-corrected chi connectivity index (χ3v) is 6.95. The molecule has 5 rings (SSSR count). The van der Waals surface area contributed by atoms with Crippen molar-refractivity contribution in [3.63, 3.8) is 0 Å². The lowest BCUT2D eigenvalue weighted by Crippen LogP contribution is -2.37. The smallest absolute Gasteiger partial charge is 0.350 e. The lowest BCUT2D eigenvalue weighted by molar-refractivity contribution is 0.218. The lowest BCUT2D eigenvalue weighted by Gasteiger charge is -2.29. The molecular formula is C24H24Cl2N6O4. The molecule has 1 N–H and O–H groups in total. The molecule has 3 aromatic rings. The molecule has 10 nitrogen and oxygen atoms in total. The van der Waals surface area contributed by atoms with Gasteiger partial charge < -0.3 is 24.6 Å². The first-order chi connectivity index (χ1) is 17.4. The maximum atomic E-state index is 13.2. The predicted octanol–water partition coefficient (Wildman–Crippen LogP) is 3.35. The van der Waals surface area contributed by atoms with Gasteiger partial charge in [-0.1, -0.05) is 23.2 Å². The summed E-state index contributed by atoms with van der Waals surface area (Å²) in [7, 11) is 3.16. The number of aryl methyl sites for hydroxylation is 1. The van der Waals surface area contributed by atoms with Gasteiger partial charge in [0.1, 0.15) is 5.82 Å². The second kappa shape index (κ2) is 9.87. The van der Waals surface area contributed by atoms with E-state index in [-0.39, 0.29) is 6.03 Å². The van der Waals surface area contributed by atoms with Crippen LogP contribution in [0.3, 0.4) is 0 Å². The highest BCUT2D eigenvalue weighted by atomic mass is 35.5. The third-order valence-electron chi connectivity index (χ3n) is 6.40. The number of aromatic nitrogens is 3. The molecule has 188 valence electrons. The highest BCUT2D eigenvalue weighted by Crippen LogP contribution is 2.40. The van der Waals surface area contributed by atoms with Crippen LogP contribution in [0.25, 0.3) is 11.3 Å². The number of fused-ring (bicyclic) bond motifs is 3. The molecule has 0 spiro atoms. The molecule has 2 aromatic heterocycles. The Hall–Kier alpha value is -3.50. The standard InChI is InChI=1S/C24H24Cl2N6O4/c1-35-19-9-14-3-5-31-18(15(14)10-20(19)36-2)11-21(29-24(31)34)32(8-7-30-6-4-28-23(30)33)22-16(25)12-27-13-17(22)26/h9-13H,3-8H2,1-2H3,(H,28,33). The zero-order chi connectivity index (χ0) is 25.4. The fraction of sp³-hybridized carbons (Fsp3) is 0.333. The number of pyridine rings is 1. The second-order valence-corrected chi connectivity index (χ2v) is 9.18. The highest BCUT2D eigenvalue weighted by molar-refractivity contribution is 6.39. The SMILES string of the molecule is COc1cc2c(cc1OC)-c1cc(N(CCN3CCNC3=O)c3c(Cl)cncc3Cl)nc(=O)n1CC2. The molecule has 0 unspecified atom stereocenters. The van der Waals surface area contributed by atoms with Crippen LogP contribution in [0.15, 0.2) is 35.4 Å². The summed E-state index contributed by atoms with van der Waals surface area (Å²) in [6.45, 7) is 2.33. The maximum Gasteiger partial charge on any atom is 0.350 e. The van der Waals surface area contributed by atoms with E-state index in [9.17, 15) is 9.59 Å². The van der Waals surface area contributed by atoms with E-state index < -0.39 is 5.69 Å². The van der Waals surface area contributed by atoms with E-state index in [4.69, 9.17) is 32.7 Å². The molecule has 12 heteroatoms. The van der Waals surface area contributed by atoms with Crippen molar-refractivity contribution in [2.75, 3.05) is 45.3 Å². The van der Waals surface area contributed by atoms with Crippen molar-refractivity contribution in [3.8, 4) is 22.8 Å². The van der Waals surface area contributed by atoms with Gasteiger partial charge in [-0.15, -0.1) is 0 Å². The Balaban J connectivity index is 1.63. The quantitative estimate of drug-likeness (QED) is 0.499. The molecular weight excluding hydrogens is 507 g/mol. The number of hydrogen-bond donors (Lipinski definition) is 1. The van der Waals surface area contributed by atoms with Crippen LogP contribution < -0.4 is 25.4 Å². The predicted molar refractivity (Wildman–Crippen MR) is 137 cm³/mol. The van der Waals surface area contributed by atoms with Crippen molar-refractivity contribution in [1.29, 1.82) is 0 Å². The Bertz CT molecular complexity index is 1380. The number of amides is 2. The average molecular weight is 531 g/mol. The third kappa shape index (κ3) is 4.31. The van der Waals surface area contributed by atoms with Crippen LogP contribution in [0.1, 0.15) is 5.56 Å². The van der Waals surface area contributed by atoms with Crippen molar-refractivity contribution >= 4 is 40.7 Å². The fourth-order valence-electron chi connectivity index (χ4n) is 4.62. The molecule has 0 saturated carbocycles. The number of nitrogens with one attached hydrogen (secondary N) is 1. The molecule has 0 atom stereocenters. The number of nitrogens with zero attached hydrogens (tertiary/aromatic N) is 5. The van der Waals surface area contributed by atoms with Gasteiger partial charge in [0.15, 0.2) is 11.5 Å². The van der Waals surface area contributed by atoms with Crippen molar-refractivity contribution < 1.29 is 14.3 Å². The van der Waals surface area contributed by atoms with Gasteiger partial charge in [-0.25, -0.2) is 9.59 Å². The molecule has 4 heterocycles. The molecule has 2 aliphatic heterocycles. The summed E-state index contributed by atoms with van der Waals surface area (Å²) >= 11 is 13.0. The summed E-state index contributed by atoms with van der Waals surface area (Å²) in [6.07, 6.45) is 3.62. The Morgan fingerprint density at radius 1 is 1.06 bits per heavy atom. The first-order valence-electron chi connectivity index (χ1n) is 11.4. The van der Waals surface area contributed by atoms with Crippen molar-refractivity contribution in [2.24, 2.45) is 0 Å². The molecule has 1 aromatic carbocycles. The van der Waals surface area contributed by atoms with Gasteiger partial charge >= 0.3 is 11.7 Å². The van der Waals surface area contributed by atoms with E-state index >= 15 is 0 Å². The van der Waals surface area contributed by atoms with Crippen LogP contribution in [-0.2, 0) is 13.0 Å². The number of anilines is 2. The average Bonchev–Trinajstić information content (AvgIpc) is 3.29. The summed E-state index contributed by atoms with van der Waals surface area (Å²) in [5, 5.41) is 3.40. The number of carbonyl (C=O) groups excluding carboxylic acids is 1. The number of methoxy groups -OCH3 is 2. The van der Waals surface area contributed by atoms with E-state index in [0.717, 1.165) is 11.1 Å². The Kier molecular flexibility index (Phi) is 6.63. The maximum absolute atomic E-state index is 13.2. The van der Waals surface area contributed by atoms with Gasteiger partial charge in [0.2, 0.25) is 0 Å². The van der Waals surface area contributed by atoms with Crippen LogP contribution in [0.2, 0.25) is 10.0 Å². The summed E-state index contributed by atoms with van der Waals surface area (Å²) in [5.41, 5.74) is 2.65. The Morgan fingerprint density at radius 2 is 1.78 bits per heavy atom. The molecule has 0 radical (unpaired) electrons. The minimum absolute atomic E-state index is 0.143. The van der Waals surface area contributed by atoms with Gasteiger partial charge in [-0.3, -0.25) is 9.55 Å². The zero-order valence-electron chi connectivity index (χ0n) is 19.8. The number of urea groups is 1. The number of ether oxygens (including phenoxy) is 2. The van der Waals surface area contributed by atoms with Gasteiger partial charge in [0.05, 0.1) is 35.6 Å². The lowest BCUT2D eigenvalue weighted by atomic mass is 9.96. The minimum Gasteiger partial charge on any atom is -0.493 e. The highest BCUT2D eigenvalue weighted by Gasteiger charge is 2.27. The van der Waals surface area contributed by atoms with E-state index in [0.29, 0.717) is 77.9 Å². The van der Waals surface area contributed by atoms with E-state index in [2.05, 4.69) is 15.3 Å². The zero-order valence-corrected chi connectivity index (χ0v) is 21.3. The number of hydrogen-bond acceptors (Lipinski definition) is 7. The van der Waals surface area contributed by atoms with Gasteiger partial charge in [0.25, 0.3) is 0 Å². The van der Waals surface area contributed by atoms with Crippen molar-refractivity contribution in [1.82, 2.24) is 24.8 Å². The summed E-state index contributed by atoms with van der Waals surface area (Å²) in [6, 6.07) is 5.49. The molecule has 0 aliphatic carbocycles. The molecule has 2 aliphatic rings. The number of rotatable bonds is 7. The van der Waals surface area contributed by atoms with Crippen LogP contribution >= 0.6 is 23.2 Å². The van der Waals surface area contributed by atoms with Gasteiger partial charge in [-0.05, 0) is 24.1 Å². The normalized spacial score (nSPS) is 14.2. The van der Waals surface area contributed by atoms with E-state index in [1.54, 1.807) is 28.6 Å². The summed E-state index contributed by atoms with van der Waals surface area (Å²) < 4.78 is 12.6. The Labute approximate surface area is 217 Å². The van der Waals surface area contributed by atoms with Crippen LogP contribution in [0.4, 0.5) is 16.3 Å². The first-order valence-corrected chi connectivity index (χ1v) is 12.1. The molecule has 0 bridgehead atoms. The number of halogens is 2. The van der Waals surface area contributed by atoms with Gasteiger partial charge in [0, 0.05) is 56.7 Å². The van der Waals surface area contributed by atoms with Crippen molar-refractivity contribution in [3.05, 3.63) is 56.7 Å². The number of carbonyl (C=O) groups is 1. The van der Waals surface area contributed by atoms with Crippen LogP contribution in [0.5, 0.6) is 11.5 Å². The monoisotopic (exact) mass is 530 g/mol. The number of benzene rings is 1. The van der Waals surface area contributed by atoms with Gasteiger partial charge in [-0.2, -0.15) is 4.98 Å². The van der Waals surface area contributed by atoms with Crippen LogP contribution in [-0.4, -0.2) is 65.9 Å². The summed E-state index contributed by atoms with van der Waals surface area (Å²) in [5.74, 6) is 1.55. The second-order valence-electron chi connectivity index (χ2n) is 8.37. The largest absolute Gasteiger partial charge is 0.493 e. The minimum atomic E-state index is -0.395.